The van der Waals surface area contributed by atoms with Crippen molar-refractivity contribution in [2.45, 2.75) is 4.75 Å². The van der Waals surface area contributed by atoms with Gasteiger partial charge >= 0.3 is 0 Å². The molecule has 0 fully saturated rings. The van der Waals surface area contributed by atoms with Crippen LogP contribution in [0.5, 0.6) is 11.5 Å². The van der Waals surface area contributed by atoms with Gasteiger partial charge in [0.2, 0.25) is 0 Å². The molecule has 0 bridgehead atoms. The van der Waals surface area contributed by atoms with Crippen LogP contribution in [-0.2, 0) is 14.9 Å². The SMILES string of the molecule is O=S(=O)(O)C(c1ccc(Cl)cc1)(c1cccc(Cl)c1O)c1cc(Cl)cc(O)c1Cl. The molecule has 1 atom stereocenters. The number of rotatable bonds is 4. The van der Waals surface area contributed by atoms with Crippen molar-refractivity contribution in [3.05, 3.63) is 91.4 Å². The number of para-hydroxylation sites is 1. The predicted molar refractivity (Wildman–Crippen MR) is 114 cm³/mol. The van der Waals surface area contributed by atoms with E-state index in [0.717, 1.165) is 6.07 Å². The van der Waals surface area contributed by atoms with E-state index in [9.17, 15) is 23.2 Å². The molecule has 10 heteroatoms. The van der Waals surface area contributed by atoms with Crippen LogP contribution in [0, 0.1) is 0 Å². The molecule has 0 radical (unpaired) electrons. The Morgan fingerprint density at radius 2 is 1.41 bits per heavy atom. The molecule has 0 aliphatic heterocycles. The number of benzene rings is 3. The van der Waals surface area contributed by atoms with Crippen LogP contribution in [0.1, 0.15) is 16.7 Å². The minimum atomic E-state index is -5.11. The van der Waals surface area contributed by atoms with E-state index < -0.39 is 26.4 Å². The molecule has 0 saturated carbocycles. The topological polar surface area (TPSA) is 94.8 Å². The number of aromatic hydroxyl groups is 2. The van der Waals surface area contributed by atoms with Crippen molar-refractivity contribution in [2.24, 2.45) is 0 Å². The van der Waals surface area contributed by atoms with Gasteiger partial charge in [-0.3, -0.25) is 4.55 Å². The second kappa shape index (κ2) is 7.87. The maximum absolute atomic E-state index is 13.0. The zero-order chi connectivity index (χ0) is 21.6. The highest BCUT2D eigenvalue weighted by molar-refractivity contribution is 7.87. The minimum Gasteiger partial charge on any atom is -0.506 e. The van der Waals surface area contributed by atoms with Gasteiger partial charge in [-0.2, -0.15) is 8.42 Å². The zero-order valence-corrected chi connectivity index (χ0v) is 18.1. The quantitative estimate of drug-likeness (QED) is 0.311. The molecule has 0 aliphatic rings. The van der Waals surface area contributed by atoms with Gasteiger partial charge < -0.3 is 10.2 Å². The average molecular weight is 494 g/mol. The highest BCUT2D eigenvalue weighted by Crippen LogP contribution is 2.52. The molecule has 0 heterocycles. The molecule has 1 unspecified atom stereocenters. The predicted octanol–water partition coefficient (Wildman–Crippen LogP) is 5.89. The Kier molecular flexibility index (Phi) is 5.98. The molecule has 0 spiro atoms. The Morgan fingerprint density at radius 1 is 0.793 bits per heavy atom. The van der Waals surface area contributed by atoms with Crippen LogP contribution in [0.3, 0.4) is 0 Å². The maximum atomic E-state index is 13.0. The van der Waals surface area contributed by atoms with Crippen LogP contribution in [-0.4, -0.2) is 23.2 Å². The standard InChI is InChI=1S/C19H12Cl4O5S/c20-11-6-4-10(5-7-11)19(29(26,27)28,13-2-1-3-15(22)18(13)25)14-8-12(21)9-16(24)17(14)23/h1-9,24-25H,(H,26,27,28). The van der Waals surface area contributed by atoms with Crippen molar-refractivity contribution in [3.63, 3.8) is 0 Å². The van der Waals surface area contributed by atoms with Gasteiger partial charge in [0.1, 0.15) is 11.5 Å². The molecule has 0 aliphatic carbocycles. The number of halogens is 4. The van der Waals surface area contributed by atoms with Gasteiger partial charge in [-0.1, -0.05) is 70.7 Å². The summed E-state index contributed by atoms with van der Waals surface area (Å²) in [5.41, 5.74) is -0.601. The van der Waals surface area contributed by atoms with Gasteiger partial charge in [0.05, 0.1) is 10.0 Å². The summed E-state index contributed by atoms with van der Waals surface area (Å²) in [6.45, 7) is 0. The molecule has 0 saturated heterocycles. The van der Waals surface area contributed by atoms with Crippen LogP contribution in [0.25, 0.3) is 0 Å². The molecule has 3 aromatic rings. The van der Waals surface area contributed by atoms with Crippen LogP contribution in [0.2, 0.25) is 20.1 Å². The van der Waals surface area contributed by atoms with Crippen molar-refractivity contribution < 1.29 is 23.2 Å². The lowest BCUT2D eigenvalue weighted by molar-refractivity contribution is 0.439. The third-order valence-corrected chi connectivity index (χ3v) is 7.02. The monoisotopic (exact) mass is 492 g/mol. The molecule has 29 heavy (non-hydrogen) atoms. The molecule has 0 aromatic heterocycles. The Morgan fingerprint density at radius 3 is 2.00 bits per heavy atom. The first kappa shape index (κ1) is 22.0. The highest BCUT2D eigenvalue weighted by atomic mass is 35.5. The first-order chi connectivity index (χ1) is 13.5. The molecule has 3 N–H and O–H groups in total. The smallest absolute Gasteiger partial charge is 0.283 e. The summed E-state index contributed by atoms with van der Waals surface area (Å²) in [6, 6.07) is 11.8. The molecular formula is C19H12Cl4O5S. The Bertz CT molecular complexity index is 1200. The largest absolute Gasteiger partial charge is 0.506 e. The Balaban J connectivity index is 2.63. The summed E-state index contributed by atoms with van der Waals surface area (Å²) < 4.78 is 33.9. The number of phenolic OH excluding ortho intramolecular Hbond substituents is 2. The third kappa shape index (κ3) is 3.65. The third-order valence-electron chi connectivity index (χ3n) is 4.40. The van der Waals surface area contributed by atoms with E-state index in [0.29, 0.717) is 5.02 Å². The number of phenols is 2. The summed E-state index contributed by atoms with van der Waals surface area (Å²) >= 11 is 24.3. The lowest BCUT2D eigenvalue weighted by Gasteiger charge is -2.34. The van der Waals surface area contributed by atoms with Crippen molar-refractivity contribution in [1.29, 1.82) is 0 Å². The van der Waals surface area contributed by atoms with E-state index in [2.05, 4.69) is 0 Å². The zero-order valence-electron chi connectivity index (χ0n) is 14.3. The summed E-state index contributed by atoms with van der Waals surface area (Å²) in [4.78, 5) is 0. The van der Waals surface area contributed by atoms with Gasteiger partial charge in [0.15, 0.2) is 4.75 Å². The first-order valence-electron chi connectivity index (χ1n) is 7.89. The van der Waals surface area contributed by atoms with E-state index in [1.165, 1.54) is 48.5 Å². The fourth-order valence-corrected chi connectivity index (χ4v) is 5.33. The number of hydrogen-bond acceptors (Lipinski definition) is 4. The fraction of sp³-hybridized carbons (Fsp3) is 0.0526. The summed E-state index contributed by atoms with van der Waals surface area (Å²) in [7, 11) is -5.11. The molecule has 3 aromatic carbocycles. The molecular weight excluding hydrogens is 482 g/mol. The van der Waals surface area contributed by atoms with Crippen molar-refractivity contribution in [1.82, 2.24) is 0 Å². The van der Waals surface area contributed by atoms with E-state index >= 15 is 0 Å². The van der Waals surface area contributed by atoms with Crippen LogP contribution in [0.15, 0.2) is 54.6 Å². The van der Waals surface area contributed by atoms with Crippen LogP contribution >= 0.6 is 46.4 Å². The van der Waals surface area contributed by atoms with Gasteiger partial charge in [0.25, 0.3) is 10.1 Å². The van der Waals surface area contributed by atoms with E-state index in [1.807, 2.05) is 0 Å². The normalized spacial score (nSPS) is 13.8. The lowest BCUT2D eigenvalue weighted by Crippen LogP contribution is -2.38. The summed E-state index contributed by atoms with van der Waals surface area (Å²) in [6.07, 6.45) is 0. The van der Waals surface area contributed by atoms with Crippen LogP contribution in [0.4, 0.5) is 0 Å². The van der Waals surface area contributed by atoms with Crippen molar-refractivity contribution in [3.8, 4) is 11.5 Å². The highest BCUT2D eigenvalue weighted by Gasteiger charge is 2.52. The van der Waals surface area contributed by atoms with Crippen molar-refractivity contribution >= 4 is 56.5 Å². The van der Waals surface area contributed by atoms with Gasteiger partial charge in [-0.25, -0.2) is 0 Å². The van der Waals surface area contributed by atoms with Crippen molar-refractivity contribution in [2.75, 3.05) is 0 Å². The van der Waals surface area contributed by atoms with Gasteiger partial charge in [-0.05, 0) is 29.8 Å². The summed E-state index contributed by atoms with van der Waals surface area (Å²) in [5, 5.41) is 20.5. The maximum Gasteiger partial charge on any atom is 0.283 e. The Hall–Kier alpha value is -1.67. The lowest BCUT2D eigenvalue weighted by atomic mass is 9.83. The molecule has 5 nitrogen and oxygen atoms in total. The average Bonchev–Trinajstić information content (AvgIpc) is 2.63. The van der Waals surface area contributed by atoms with E-state index in [-0.39, 0.29) is 31.8 Å². The molecule has 3 rings (SSSR count). The van der Waals surface area contributed by atoms with Crippen LogP contribution < -0.4 is 0 Å². The Labute approximate surface area is 186 Å². The van der Waals surface area contributed by atoms with Gasteiger partial charge in [0, 0.05) is 27.2 Å². The fourth-order valence-electron chi connectivity index (χ4n) is 3.20. The second-order valence-electron chi connectivity index (χ2n) is 6.09. The van der Waals surface area contributed by atoms with E-state index in [4.69, 9.17) is 46.4 Å². The molecule has 152 valence electrons. The molecule has 0 amide bonds. The van der Waals surface area contributed by atoms with E-state index in [1.54, 1.807) is 0 Å². The summed E-state index contributed by atoms with van der Waals surface area (Å²) in [5.74, 6) is -1.12. The second-order valence-corrected chi connectivity index (χ2v) is 9.31. The van der Waals surface area contributed by atoms with Gasteiger partial charge in [-0.15, -0.1) is 0 Å². The number of hydrogen-bond donors (Lipinski definition) is 3. The minimum absolute atomic E-state index is 0.0227. The first-order valence-corrected chi connectivity index (χ1v) is 10.8.